The van der Waals surface area contributed by atoms with Crippen LogP contribution < -0.4 is 4.74 Å². The van der Waals surface area contributed by atoms with Gasteiger partial charge < -0.3 is 9.64 Å². The van der Waals surface area contributed by atoms with E-state index in [1.165, 1.54) is 25.5 Å². The summed E-state index contributed by atoms with van der Waals surface area (Å²) in [6, 6.07) is 4.92. The Morgan fingerprint density at radius 2 is 2.00 bits per heavy atom. The number of halogens is 1. The van der Waals surface area contributed by atoms with Gasteiger partial charge in [-0.2, -0.15) is 0 Å². The minimum atomic E-state index is -0.156. The smallest absolute Gasteiger partial charge is 0.123 e. The standard InChI is InChI=1S/C20H26FNO/c1-23-20-5-4-18(21)12-19(20)15-6-8-22(9-7-15)13-17-11-14-2-3-16(17)10-14/h2-5,12,14-17H,6-11,13H2,1H3/t14-,16-,17-/m0/s1. The van der Waals surface area contributed by atoms with Gasteiger partial charge in [0.2, 0.25) is 0 Å². The van der Waals surface area contributed by atoms with E-state index in [1.54, 1.807) is 19.2 Å². The summed E-state index contributed by atoms with van der Waals surface area (Å²) >= 11 is 0. The van der Waals surface area contributed by atoms with Gasteiger partial charge in [0.1, 0.15) is 11.6 Å². The summed E-state index contributed by atoms with van der Waals surface area (Å²) in [6.45, 7) is 3.50. The second-order valence-corrected chi connectivity index (χ2v) is 7.50. The molecule has 0 radical (unpaired) electrons. The number of fused-ring (bicyclic) bond motifs is 2. The summed E-state index contributed by atoms with van der Waals surface area (Å²) < 4.78 is 19.0. The Bertz CT molecular complexity index is 591. The third-order valence-electron chi connectivity index (χ3n) is 6.13. The molecular weight excluding hydrogens is 289 g/mol. The largest absolute Gasteiger partial charge is 0.496 e. The van der Waals surface area contributed by atoms with Crippen molar-refractivity contribution in [3.63, 3.8) is 0 Å². The van der Waals surface area contributed by atoms with Crippen LogP contribution in [0.15, 0.2) is 30.4 Å². The number of benzene rings is 1. The number of hydrogen-bond acceptors (Lipinski definition) is 2. The molecule has 4 rings (SSSR count). The molecule has 1 heterocycles. The van der Waals surface area contributed by atoms with Gasteiger partial charge in [-0.15, -0.1) is 0 Å². The Labute approximate surface area is 138 Å². The van der Waals surface area contributed by atoms with Crippen LogP contribution >= 0.6 is 0 Å². The van der Waals surface area contributed by atoms with Gasteiger partial charge in [0.15, 0.2) is 0 Å². The van der Waals surface area contributed by atoms with Crippen molar-refractivity contribution in [1.29, 1.82) is 0 Å². The van der Waals surface area contributed by atoms with Crippen LogP contribution in [0.5, 0.6) is 5.75 Å². The van der Waals surface area contributed by atoms with Crippen molar-refractivity contribution in [3.05, 3.63) is 41.7 Å². The Balaban J connectivity index is 1.36. The molecule has 0 aromatic heterocycles. The molecule has 0 spiro atoms. The first-order chi connectivity index (χ1) is 11.2. The third kappa shape index (κ3) is 3.03. The fourth-order valence-corrected chi connectivity index (χ4v) is 4.89. The highest BCUT2D eigenvalue weighted by atomic mass is 19.1. The van der Waals surface area contributed by atoms with Crippen molar-refractivity contribution < 1.29 is 9.13 Å². The van der Waals surface area contributed by atoms with Crippen LogP contribution in [0.1, 0.15) is 37.2 Å². The SMILES string of the molecule is COc1ccc(F)cc1C1CCN(C[C@@H]2C[C@H]3C=C[C@H]2C3)CC1. The second kappa shape index (κ2) is 6.27. The maximum Gasteiger partial charge on any atom is 0.123 e. The molecule has 1 saturated carbocycles. The molecule has 1 aromatic carbocycles. The monoisotopic (exact) mass is 315 g/mol. The summed E-state index contributed by atoms with van der Waals surface area (Å²) in [7, 11) is 1.68. The number of ether oxygens (including phenoxy) is 1. The van der Waals surface area contributed by atoms with E-state index in [4.69, 9.17) is 4.74 Å². The summed E-state index contributed by atoms with van der Waals surface area (Å²) in [5.74, 6) is 3.67. The van der Waals surface area contributed by atoms with Gasteiger partial charge in [-0.3, -0.25) is 0 Å². The van der Waals surface area contributed by atoms with Crippen LogP contribution in [0.2, 0.25) is 0 Å². The molecule has 2 bridgehead atoms. The molecule has 1 aromatic rings. The van der Waals surface area contributed by atoms with Crippen LogP contribution in [0.25, 0.3) is 0 Å². The van der Waals surface area contributed by atoms with E-state index in [-0.39, 0.29) is 5.82 Å². The first kappa shape index (κ1) is 15.2. The van der Waals surface area contributed by atoms with Gasteiger partial charge in [-0.05, 0) is 80.6 Å². The molecule has 0 amide bonds. The van der Waals surface area contributed by atoms with Crippen LogP contribution in [0.4, 0.5) is 4.39 Å². The molecule has 2 fully saturated rings. The molecule has 3 heteroatoms. The fourth-order valence-electron chi connectivity index (χ4n) is 4.89. The average molecular weight is 315 g/mol. The number of rotatable bonds is 4. The lowest BCUT2D eigenvalue weighted by Gasteiger charge is -2.35. The average Bonchev–Trinajstić information content (AvgIpc) is 3.18. The third-order valence-corrected chi connectivity index (χ3v) is 6.13. The number of methoxy groups -OCH3 is 1. The van der Waals surface area contributed by atoms with Gasteiger partial charge in [0.25, 0.3) is 0 Å². The minimum Gasteiger partial charge on any atom is -0.496 e. The van der Waals surface area contributed by atoms with Crippen molar-refractivity contribution in [2.24, 2.45) is 17.8 Å². The zero-order chi connectivity index (χ0) is 15.8. The number of likely N-dealkylation sites (tertiary alicyclic amines) is 1. The van der Waals surface area contributed by atoms with Crippen molar-refractivity contribution in [1.82, 2.24) is 4.90 Å². The van der Waals surface area contributed by atoms with Crippen LogP contribution in [0, 0.1) is 23.6 Å². The maximum atomic E-state index is 13.6. The zero-order valence-electron chi connectivity index (χ0n) is 13.9. The number of piperidine rings is 1. The van der Waals surface area contributed by atoms with E-state index in [2.05, 4.69) is 17.1 Å². The molecule has 124 valence electrons. The predicted octanol–water partition coefficient (Wildman–Crippen LogP) is 4.23. The normalized spacial score (nSPS) is 31.0. The molecule has 3 atom stereocenters. The first-order valence-electron chi connectivity index (χ1n) is 8.97. The Morgan fingerprint density at radius 1 is 1.17 bits per heavy atom. The Morgan fingerprint density at radius 3 is 2.65 bits per heavy atom. The molecule has 23 heavy (non-hydrogen) atoms. The topological polar surface area (TPSA) is 12.5 Å². The molecule has 0 unspecified atom stereocenters. The second-order valence-electron chi connectivity index (χ2n) is 7.50. The summed E-state index contributed by atoms with van der Waals surface area (Å²) in [5.41, 5.74) is 1.05. The fraction of sp³-hybridized carbons (Fsp3) is 0.600. The lowest BCUT2D eigenvalue weighted by Crippen LogP contribution is -2.37. The molecule has 2 aliphatic carbocycles. The highest BCUT2D eigenvalue weighted by molar-refractivity contribution is 5.37. The van der Waals surface area contributed by atoms with Crippen molar-refractivity contribution in [3.8, 4) is 5.75 Å². The molecule has 0 N–H and O–H groups in total. The van der Waals surface area contributed by atoms with E-state index in [0.717, 1.165) is 55.0 Å². The summed E-state index contributed by atoms with van der Waals surface area (Å²) in [6.07, 6.45) is 9.86. The lowest BCUT2D eigenvalue weighted by molar-refractivity contribution is 0.171. The van der Waals surface area contributed by atoms with Gasteiger partial charge in [0.05, 0.1) is 7.11 Å². The predicted molar refractivity (Wildman–Crippen MR) is 90.2 cm³/mol. The van der Waals surface area contributed by atoms with Crippen molar-refractivity contribution >= 4 is 0 Å². The molecule has 1 aliphatic heterocycles. The molecule has 3 aliphatic rings. The van der Waals surface area contributed by atoms with E-state index in [9.17, 15) is 4.39 Å². The Hall–Kier alpha value is -1.35. The molecule has 1 saturated heterocycles. The van der Waals surface area contributed by atoms with Crippen molar-refractivity contribution in [2.45, 2.75) is 31.6 Å². The van der Waals surface area contributed by atoms with Gasteiger partial charge in [0, 0.05) is 12.1 Å². The molecule has 2 nitrogen and oxygen atoms in total. The number of nitrogens with zero attached hydrogens (tertiary/aromatic N) is 1. The first-order valence-corrected chi connectivity index (χ1v) is 8.97. The summed E-state index contributed by atoms with van der Waals surface area (Å²) in [4.78, 5) is 2.63. The van der Waals surface area contributed by atoms with E-state index < -0.39 is 0 Å². The Kier molecular flexibility index (Phi) is 4.14. The number of hydrogen-bond donors (Lipinski definition) is 0. The van der Waals surface area contributed by atoms with E-state index in [1.807, 2.05) is 0 Å². The van der Waals surface area contributed by atoms with Crippen LogP contribution in [-0.4, -0.2) is 31.6 Å². The summed E-state index contributed by atoms with van der Waals surface area (Å²) in [5, 5.41) is 0. The zero-order valence-corrected chi connectivity index (χ0v) is 13.9. The van der Waals surface area contributed by atoms with Gasteiger partial charge in [-0.1, -0.05) is 12.2 Å². The van der Waals surface area contributed by atoms with E-state index in [0.29, 0.717) is 5.92 Å². The quantitative estimate of drug-likeness (QED) is 0.771. The minimum absolute atomic E-state index is 0.156. The maximum absolute atomic E-state index is 13.6. The van der Waals surface area contributed by atoms with Gasteiger partial charge >= 0.3 is 0 Å². The van der Waals surface area contributed by atoms with Crippen LogP contribution in [-0.2, 0) is 0 Å². The van der Waals surface area contributed by atoms with Crippen molar-refractivity contribution in [2.75, 3.05) is 26.7 Å². The van der Waals surface area contributed by atoms with Crippen LogP contribution in [0.3, 0.4) is 0 Å². The lowest BCUT2D eigenvalue weighted by atomic mass is 9.87. The van der Waals surface area contributed by atoms with Gasteiger partial charge in [-0.25, -0.2) is 4.39 Å². The van der Waals surface area contributed by atoms with E-state index >= 15 is 0 Å². The number of allylic oxidation sites excluding steroid dienone is 2. The highest BCUT2D eigenvalue weighted by Crippen LogP contribution is 2.44. The highest BCUT2D eigenvalue weighted by Gasteiger charge is 2.37. The molecular formula is C20H26FNO.